The third-order valence-corrected chi connectivity index (χ3v) is 1.44. The summed E-state index contributed by atoms with van der Waals surface area (Å²) >= 11 is 0. The molecule has 9 nitrogen and oxygen atoms in total. The summed E-state index contributed by atoms with van der Waals surface area (Å²) in [5.41, 5.74) is -1.39. The second-order valence-corrected chi connectivity index (χ2v) is 6.11. The smallest absolute Gasteiger partial charge is 0.374 e. The van der Waals surface area contributed by atoms with Crippen molar-refractivity contribution in [3.05, 3.63) is 0 Å². The Morgan fingerprint density at radius 2 is 1.33 bits per heavy atom. The van der Waals surface area contributed by atoms with E-state index >= 15 is 0 Å². The lowest BCUT2D eigenvalue weighted by molar-refractivity contribution is -0.517. The van der Waals surface area contributed by atoms with Crippen molar-refractivity contribution in [1.82, 2.24) is 0 Å². The summed E-state index contributed by atoms with van der Waals surface area (Å²) in [5.74, 6) is -2.24. The Balaban J connectivity index is 3.93. The van der Waals surface area contributed by atoms with E-state index in [9.17, 15) is 14.7 Å². The molecule has 0 fully saturated rings. The summed E-state index contributed by atoms with van der Waals surface area (Å²) < 4.78 is 0. The number of carbonyl (C=O) groups excluding carboxylic acids is 2. The summed E-state index contributed by atoms with van der Waals surface area (Å²) in [4.78, 5) is 40.1. The first-order valence-corrected chi connectivity index (χ1v) is 6.20. The van der Waals surface area contributed by atoms with Gasteiger partial charge in [0.05, 0.1) is 17.6 Å². The third-order valence-electron chi connectivity index (χ3n) is 1.44. The highest BCUT2D eigenvalue weighted by molar-refractivity contribution is 5.80. The van der Waals surface area contributed by atoms with Gasteiger partial charge in [-0.1, -0.05) is 0 Å². The van der Waals surface area contributed by atoms with Crippen LogP contribution in [0.25, 0.3) is 0 Å². The number of aliphatic hydroxyl groups is 1. The topological polar surface area (TPSA) is 110 Å². The van der Waals surface area contributed by atoms with E-state index < -0.39 is 35.7 Å². The minimum absolute atomic E-state index is 0.685. The van der Waals surface area contributed by atoms with Gasteiger partial charge in [-0.3, -0.25) is 9.78 Å². The van der Waals surface area contributed by atoms with Crippen LogP contribution >= 0.6 is 0 Å². The summed E-state index contributed by atoms with van der Waals surface area (Å²) in [7, 11) is 0. The van der Waals surface area contributed by atoms with E-state index in [1.165, 1.54) is 0 Å². The lowest BCUT2D eigenvalue weighted by atomic mass is 10.2. The van der Waals surface area contributed by atoms with Crippen LogP contribution in [0.15, 0.2) is 0 Å². The molecule has 0 saturated carbocycles. The predicted molar refractivity (Wildman–Crippen MR) is 66.7 cm³/mol. The van der Waals surface area contributed by atoms with Crippen LogP contribution in [-0.2, 0) is 39.2 Å². The Kier molecular flexibility index (Phi) is 7.75. The second kappa shape index (κ2) is 8.25. The number of hydrogen-bond donors (Lipinski definition) is 1. The Hall–Kier alpha value is -1.26. The predicted octanol–water partition coefficient (Wildman–Crippen LogP) is 1.15. The zero-order valence-electron chi connectivity index (χ0n) is 13.0. The van der Waals surface area contributed by atoms with E-state index in [0.717, 1.165) is 0 Å². The number of hydrogen-bond acceptors (Lipinski definition) is 9. The van der Waals surface area contributed by atoms with Crippen molar-refractivity contribution < 1.29 is 44.3 Å². The molecule has 0 bridgehead atoms. The van der Waals surface area contributed by atoms with Crippen LogP contribution in [0.5, 0.6) is 0 Å². The van der Waals surface area contributed by atoms with Crippen molar-refractivity contribution in [3.8, 4) is 0 Å². The molecule has 124 valence electrons. The summed E-state index contributed by atoms with van der Waals surface area (Å²) in [6, 6.07) is 0. The Morgan fingerprint density at radius 1 is 0.905 bits per heavy atom. The van der Waals surface area contributed by atoms with Gasteiger partial charge in [0, 0.05) is 0 Å². The molecule has 0 saturated heterocycles. The molecular weight excluding hydrogens is 288 g/mol. The van der Waals surface area contributed by atoms with Gasteiger partial charge in [0.2, 0.25) is 0 Å². The maximum atomic E-state index is 11.2. The first-order chi connectivity index (χ1) is 9.41. The highest BCUT2D eigenvalue weighted by Crippen LogP contribution is 2.09. The van der Waals surface area contributed by atoms with Crippen molar-refractivity contribution in [2.24, 2.45) is 0 Å². The summed E-state index contributed by atoms with van der Waals surface area (Å²) in [5, 5.41) is 17.7. The highest BCUT2D eigenvalue weighted by Gasteiger charge is 2.25. The molecule has 0 amide bonds. The molecule has 0 aliphatic heterocycles. The average Bonchev–Trinajstić information content (AvgIpc) is 2.24. The SMILES string of the molecule is CC(C)(C)OOOC(=O)CC(O)C(=O)OOOC(C)(C)C. The van der Waals surface area contributed by atoms with Gasteiger partial charge in [0.1, 0.15) is 0 Å². The lowest BCUT2D eigenvalue weighted by Crippen LogP contribution is -2.29. The van der Waals surface area contributed by atoms with Crippen LogP contribution in [-0.4, -0.2) is 34.4 Å². The quantitative estimate of drug-likeness (QED) is 0.546. The van der Waals surface area contributed by atoms with Gasteiger partial charge in [0.25, 0.3) is 0 Å². The van der Waals surface area contributed by atoms with Crippen LogP contribution in [0.4, 0.5) is 0 Å². The second-order valence-electron chi connectivity index (χ2n) is 6.11. The normalized spacial score (nSPS) is 13.7. The molecule has 0 aromatic rings. The first kappa shape index (κ1) is 19.7. The molecule has 0 aromatic heterocycles. The van der Waals surface area contributed by atoms with Crippen molar-refractivity contribution >= 4 is 11.9 Å². The van der Waals surface area contributed by atoms with E-state index in [0.29, 0.717) is 0 Å². The minimum atomic E-state index is -1.79. The number of carbonyl (C=O) groups is 2. The van der Waals surface area contributed by atoms with Crippen molar-refractivity contribution in [3.63, 3.8) is 0 Å². The molecule has 0 aliphatic carbocycles. The van der Waals surface area contributed by atoms with Gasteiger partial charge >= 0.3 is 11.9 Å². The molecule has 0 heterocycles. The van der Waals surface area contributed by atoms with Crippen LogP contribution in [0.2, 0.25) is 0 Å². The number of rotatable bonds is 7. The molecule has 1 unspecified atom stereocenters. The molecule has 0 rings (SSSR count). The fourth-order valence-corrected chi connectivity index (χ4v) is 0.640. The van der Waals surface area contributed by atoms with E-state index in [1.807, 2.05) is 0 Å². The van der Waals surface area contributed by atoms with E-state index in [2.05, 4.69) is 29.6 Å². The standard InChI is InChI=1S/C12H22O9/c1-11(2,3)18-20-16-9(14)7-8(13)10(15)17-21-19-12(4,5)6/h8,13H,7H2,1-6H3. The Bertz CT molecular complexity index is 340. The van der Waals surface area contributed by atoms with Gasteiger partial charge in [-0.15, -0.1) is 0 Å². The molecule has 1 atom stereocenters. The van der Waals surface area contributed by atoms with Gasteiger partial charge in [-0.05, 0) is 51.6 Å². The van der Waals surface area contributed by atoms with E-state index in [1.54, 1.807) is 41.5 Å². The molecular formula is C12H22O9. The van der Waals surface area contributed by atoms with Gasteiger partial charge in [-0.25, -0.2) is 9.59 Å². The molecule has 9 heteroatoms. The molecule has 1 N–H and O–H groups in total. The van der Waals surface area contributed by atoms with Crippen molar-refractivity contribution in [1.29, 1.82) is 0 Å². The van der Waals surface area contributed by atoms with Crippen LogP contribution in [0, 0.1) is 0 Å². The molecule has 0 spiro atoms. The van der Waals surface area contributed by atoms with Gasteiger partial charge in [-0.2, -0.15) is 9.78 Å². The lowest BCUT2D eigenvalue weighted by Gasteiger charge is -2.16. The summed E-state index contributed by atoms with van der Waals surface area (Å²) in [6.07, 6.45) is -2.50. The first-order valence-electron chi connectivity index (χ1n) is 6.20. The van der Waals surface area contributed by atoms with Crippen LogP contribution in [0.3, 0.4) is 0 Å². The summed E-state index contributed by atoms with van der Waals surface area (Å²) in [6.45, 7) is 9.96. The minimum Gasteiger partial charge on any atom is -0.381 e. The fourth-order valence-electron chi connectivity index (χ4n) is 0.640. The average molecular weight is 310 g/mol. The Morgan fingerprint density at radius 3 is 1.76 bits per heavy atom. The maximum Gasteiger partial charge on any atom is 0.374 e. The monoisotopic (exact) mass is 310 g/mol. The fraction of sp³-hybridized carbons (Fsp3) is 0.833. The third kappa shape index (κ3) is 12.2. The molecule has 21 heavy (non-hydrogen) atoms. The van der Waals surface area contributed by atoms with Gasteiger partial charge < -0.3 is 5.11 Å². The number of aliphatic hydroxyl groups excluding tert-OH is 1. The van der Waals surface area contributed by atoms with E-state index in [4.69, 9.17) is 0 Å². The maximum absolute atomic E-state index is 11.2. The zero-order valence-corrected chi connectivity index (χ0v) is 13.0. The van der Waals surface area contributed by atoms with Crippen molar-refractivity contribution in [2.75, 3.05) is 0 Å². The van der Waals surface area contributed by atoms with E-state index in [-0.39, 0.29) is 0 Å². The highest BCUT2D eigenvalue weighted by atomic mass is 17.5. The zero-order chi connectivity index (χ0) is 16.7. The van der Waals surface area contributed by atoms with Gasteiger partial charge in [0.15, 0.2) is 6.10 Å². The largest absolute Gasteiger partial charge is 0.381 e. The van der Waals surface area contributed by atoms with Crippen LogP contribution < -0.4 is 0 Å². The van der Waals surface area contributed by atoms with Crippen molar-refractivity contribution in [2.45, 2.75) is 65.3 Å². The molecule has 0 aromatic carbocycles. The van der Waals surface area contributed by atoms with Crippen LogP contribution in [0.1, 0.15) is 48.0 Å². The Labute approximate surface area is 122 Å². The molecule has 0 radical (unpaired) electrons. The molecule has 0 aliphatic rings.